The smallest absolute Gasteiger partial charge is 0.255 e. The Morgan fingerprint density at radius 1 is 1.23 bits per heavy atom. The first-order chi connectivity index (χ1) is 15.0. The van der Waals surface area contributed by atoms with Crippen molar-refractivity contribution in [3.8, 4) is 0 Å². The number of piperidine rings is 1. The van der Waals surface area contributed by atoms with E-state index in [0.717, 1.165) is 36.3 Å². The number of amides is 3. The first kappa shape index (κ1) is 19.7. The maximum absolute atomic E-state index is 13.2. The van der Waals surface area contributed by atoms with Gasteiger partial charge in [0.25, 0.3) is 5.91 Å². The van der Waals surface area contributed by atoms with Crippen LogP contribution in [0.3, 0.4) is 0 Å². The van der Waals surface area contributed by atoms with Gasteiger partial charge >= 0.3 is 0 Å². The molecule has 0 saturated carbocycles. The number of nitrogens with one attached hydrogen (secondary N) is 3. The van der Waals surface area contributed by atoms with Gasteiger partial charge in [0.05, 0.1) is 6.04 Å². The number of aromatic nitrogens is 3. The van der Waals surface area contributed by atoms with E-state index < -0.39 is 11.9 Å². The number of carbonyl (C=O) groups excluding carboxylic acids is 3. The Kier molecular flexibility index (Phi) is 4.93. The minimum absolute atomic E-state index is 0.171. The third kappa shape index (κ3) is 3.56. The zero-order valence-corrected chi connectivity index (χ0v) is 17.4. The highest BCUT2D eigenvalue weighted by molar-refractivity contribution is 6.06. The average Bonchev–Trinajstić information content (AvgIpc) is 3.47. The molecule has 0 radical (unpaired) electrons. The SMILES string of the molecule is Cn1nc([C@H]2CCCN2)nc1NCc1cccc2c1C(=O)N(C1CCC(=O)NC1=O)C2. The van der Waals surface area contributed by atoms with E-state index >= 15 is 0 Å². The molecular formula is C21H25N7O3. The summed E-state index contributed by atoms with van der Waals surface area (Å²) >= 11 is 0. The van der Waals surface area contributed by atoms with Gasteiger partial charge < -0.3 is 15.5 Å². The van der Waals surface area contributed by atoms with Crippen molar-refractivity contribution in [2.75, 3.05) is 11.9 Å². The minimum atomic E-state index is -0.612. The zero-order valence-electron chi connectivity index (χ0n) is 17.4. The van der Waals surface area contributed by atoms with E-state index in [9.17, 15) is 14.4 Å². The molecule has 3 aliphatic heterocycles. The molecule has 0 bridgehead atoms. The van der Waals surface area contributed by atoms with E-state index in [1.807, 2.05) is 25.2 Å². The molecule has 3 amide bonds. The van der Waals surface area contributed by atoms with Gasteiger partial charge in [-0.15, -0.1) is 0 Å². The first-order valence-electron chi connectivity index (χ1n) is 10.6. The molecule has 1 unspecified atom stereocenters. The molecule has 2 fully saturated rings. The first-order valence-corrected chi connectivity index (χ1v) is 10.6. The van der Waals surface area contributed by atoms with Crippen molar-refractivity contribution < 1.29 is 14.4 Å². The number of aryl methyl sites for hydroxylation is 1. The van der Waals surface area contributed by atoms with Gasteiger partial charge in [0, 0.05) is 32.1 Å². The number of hydrogen-bond donors (Lipinski definition) is 3. The summed E-state index contributed by atoms with van der Waals surface area (Å²) in [7, 11) is 1.85. The largest absolute Gasteiger partial charge is 0.350 e. The van der Waals surface area contributed by atoms with Gasteiger partial charge in [0.2, 0.25) is 17.8 Å². The molecule has 10 heteroatoms. The third-order valence-electron chi connectivity index (χ3n) is 6.23. The van der Waals surface area contributed by atoms with E-state index in [1.54, 1.807) is 9.58 Å². The Morgan fingerprint density at radius 3 is 2.87 bits per heavy atom. The predicted molar refractivity (Wildman–Crippen MR) is 111 cm³/mol. The lowest BCUT2D eigenvalue weighted by molar-refractivity contribution is -0.136. The summed E-state index contributed by atoms with van der Waals surface area (Å²) < 4.78 is 1.72. The number of imide groups is 1. The van der Waals surface area contributed by atoms with Gasteiger partial charge in [0.1, 0.15) is 6.04 Å². The van der Waals surface area contributed by atoms with Crippen LogP contribution in [0.1, 0.15) is 59.0 Å². The van der Waals surface area contributed by atoms with E-state index in [1.165, 1.54) is 0 Å². The average molecular weight is 423 g/mol. The van der Waals surface area contributed by atoms with Crippen LogP contribution in [0.15, 0.2) is 18.2 Å². The maximum Gasteiger partial charge on any atom is 0.255 e. The lowest BCUT2D eigenvalue weighted by Gasteiger charge is -2.29. The third-order valence-corrected chi connectivity index (χ3v) is 6.23. The molecule has 2 atom stereocenters. The molecular weight excluding hydrogens is 398 g/mol. The van der Waals surface area contributed by atoms with Crippen LogP contribution in [0, 0.1) is 0 Å². The molecule has 5 rings (SSSR count). The van der Waals surface area contributed by atoms with Crippen LogP contribution in [-0.2, 0) is 29.7 Å². The summed E-state index contributed by atoms with van der Waals surface area (Å²) in [6, 6.07) is 5.31. The van der Waals surface area contributed by atoms with Crippen LogP contribution < -0.4 is 16.0 Å². The Labute approximate surface area is 179 Å². The zero-order chi connectivity index (χ0) is 21.5. The normalized spacial score (nSPS) is 23.3. The van der Waals surface area contributed by atoms with Crippen LogP contribution >= 0.6 is 0 Å². The second-order valence-corrected chi connectivity index (χ2v) is 8.27. The van der Waals surface area contributed by atoms with Crippen molar-refractivity contribution in [1.82, 2.24) is 30.3 Å². The molecule has 3 aliphatic rings. The van der Waals surface area contributed by atoms with Crippen LogP contribution in [0.2, 0.25) is 0 Å². The van der Waals surface area contributed by atoms with Crippen LogP contribution in [0.25, 0.3) is 0 Å². The van der Waals surface area contributed by atoms with Gasteiger partial charge in [-0.05, 0) is 36.9 Å². The monoisotopic (exact) mass is 423 g/mol. The lowest BCUT2D eigenvalue weighted by Crippen LogP contribution is -2.52. The summed E-state index contributed by atoms with van der Waals surface area (Å²) in [5, 5.41) is 13.6. The van der Waals surface area contributed by atoms with E-state index in [-0.39, 0.29) is 24.3 Å². The second kappa shape index (κ2) is 7.77. The Hall–Kier alpha value is -3.27. The van der Waals surface area contributed by atoms with Crippen molar-refractivity contribution in [2.24, 2.45) is 7.05 Å². The summed E-state index contributed by atoms with van der Waals surface area (Å²) in [4.78, 5) is 43.1. The van der Waals surface area contributed by atoms with Gasteiger partial charge in [-0.2, -0.15) is 10.1 Å². The van der Waals surface area contributed by atoms with Crippen molar-refractivity contribution in [1.29, 1.82) is 0 Å². The molecule has 2 saturated heterocycles. The van der Waals surface area contributed by atoms with E-state index in [4.69, 9.17) is 0 Å². The van der Waals surface area contributed by atoms with Gasteiger partial charge in [0.15, 0.2) is 5.82 Å². The Balaban J connectivity index is 1.32. The van der Waals surface area contributed by atoms with Crippen molar-refractivity contribution in [3.63, 3.8) is 0 Å². The van der Waals surface area contributed by atoms with Crippen molar-refractivity contribution in [2.45, 2.75) is 50.9 Å². The van der Waals surface area contributed by atoms with Crippen molar-refractivity contribution >= 4 is 23.7 Å². The molecule has 31 heavy (non-hydrogen) atoms. The van der Waals surface area contributed by atoms with Gasteiger partial charge in [-0.1, -0.05) is 18.2 Å². The van der Waals surface area contributed by atoms with Crippen LogP contribution in [0.5, 0.6) is 0 Å². The van der Waals surface area contributed by atoms with Gasteiger partial charge in [-0.25, -0.2) is 4.68 Å². The molecule has 4 heterocycles. The highest BCUT2D eigenvalue weighted by atomic mass is 16.2. The molecule has 0 spiro atoms. The quantitative estimate of drug-likeness (QED) is 0.603. The number of benzene rings is 1. The highest BCUT2D eigenvalue weighted by Gasteiger charge is 2.39. The number of rotatable bonds is 5. The highest BCUT2D eigenvalue weighted by Crippen LogP contribution is 2.30. The van der Waals surface area contributed by atoms with Gasteiger partial charge in [-0.3, -0.25) is 19.7 Å². The summed E-state index contributed by atoms with van der Waals surface area (Å²) in [5.41, 5.74) is 2.36. The van der Waals surface area contributed by atoms with E-state index in [2.05, 4.69) is 26.0 Å². The fraction of sp³-hybridized carbons (Fsp3) is 0.476. The number of fused-ring (bicyclic) bond motifs is 1. The van der Waals surface area contributed by atoms with Crippen LogP contribution in [-0.4, -0.2) is 50.0 Å². The second-order valence-electron chi connectivity index (χ2n) is 8.27. The van der Waals surface area contributed by atoms with E-state index in [0.29, 0.717) is 31.0 Å². The topological polar surface area (TPSA) is 121 Å². The lowest BCUT2D eigenvalue weighted by atomic mass is 10.0. The predicted octanol–water partition coefficient (Wildman–Crippen LogP) is 0.613. The molecule has 1 aromatic heterocycles. The summed E-state index contributed by atoms with van der Waals surface area (Å²) in [6.07, 6.45) is 2.75. The fourth-order valence-corrected chi connectivity index (χ4v) is 4.62. The number of hydrogen-bond acceptors (Lipinski definition) is 7. The Bertz CT molecular complexity index is 1060. The molecule has 10 nitrogen and oxygen atoms in total. The number of nitrogens with zero attached hydrogens (tertiary/aromatic N) is 4. The minimum Gasteiger partial charge on any atom is -0.350 e. The molecule has 1 aromatic carbocycles. The standard InChI is InChI=1S/C21H25N7O3/c1-27-21(25-18(26-27)14-6-3-9-22-14)23-10-12-4-2-5-13-11-28(20(31)17(12)13)15-7-8-16(29)24-19(15)30/h2,4-5,14-15,22H,3,6-11H2,1H3,(H,23,25,26)(H,24,29,30)/t14-,15?/m1/s1. The molecule has 3 N–H and O–H groups in total. The Morgan fingerprint density at radius 2 is 2.10 bits per heavy atom. The summed E-state index contributed by atoms with van der Waals surface area (Å²) in [5.74, 6) is 0.570. The number of carbonyl (C=O) groups is 3. The molecule has 0 aliphatic carbocycles. The fourth-order valence-electron chi connectivity index (χ4n) is 4.62. The number of anilines is 1. The summed E-state index contributed by atoms with van der Waals surface area (Å²) in [6.45, 7) is 1.77. The molecule has 162 valence electrons. The maximum atomic E-state index is 13.2. The molecule has 2 aromatic rings. The van der Waals surface area contributed by atoms with Crippen molar-refractivity contribution in [3.05, 3.63) is 40.7 Å². The van der Waals surface area contributed by atoms with Crippen LogP contribution in [0.4, 0.5) is 5.95 Å².